The van der Waals surface area contributed by atoms with Crippen LogP contribution in [-0.2, 0) is 0 Å². The lowest BCUT2D eigenvalue weighted by molar-refractivity contribution is 0.171. The molecule has 0 amide bonds. The molecule has 0 saturated carbocycles. The Morgan fingerprint density at radius 2 is 2.05 bits per heavy atom. The normalized spacial score (nSPS) is 18.5. The van der Waals surface area contributed by atoms with Crippen LogP contribution in [0.2, 0.25) is 0 Å². The highest BCUT2D eigenvalue weighted by molar-refractivity contribution is 7.17. The zero-order valence-electron chi connectivity index (χ0n) is 12.0. The van der Waals surface area contributed by atoms with E-state index >= 15 is 0 Å². The van der Waals surface area contributed by atoms with E-state index in [2.05, 4.69) is 37.1 Å². The number of aryl methyl sites for hydroxylation is 1. The summed E-state index contributed by atoms with van der Waals surface area (Å²) in [5.41, 5.74) is 2.74. The first-order valence-corrected chi connectivity index (χ1v) is 8.11. The maximum atomic E-state index is 4.72. The lowest BCUT2D eigenvalue weighted by Gasteiger charge is -2.34. The maximum absolute atomic E-state index is 4.72. The van der Waals surface area contributed by atoms with Gasteiger partial charge in [0, 0.05) is 28.2 Å². The van der Waals surface area contributed by atoms with E-state index in [4.69, 9.17) is 4.98 Å². The Bertz CT molecular complexity index is 565. The van der Waals surface area contributed by atoms with Gasteiger partial charge >= 0.3 is 0 Å². The van der Waals surface area contributed by atoms with Crippen LogP contribution >= 0.6 is 11.3 Å². The van der Waals surface area contributed by atoms with Gasteiger partial charge in [0.25, 0.3) is 0 Å². The van der Waals surface area contributed by atoms with Crippen LogP contribution in [0, 0.1) is 6.92 Å². The smallest absolute Gasteiger partial charge is 0.0524 e. The molecule has 1 aliphatic heterocycles. The first kappa shape index (κ1) is 13.1. The minimum Gasteiger partial charge on any atom is -0.301 e. The van der Waals surface area contributed by atoms with Crippen LogP contribution in [0.1, 0.15) is 43.9 Å². The number of likely N-dealkylation sites (tertiary alicyclic amines) is 1. The molecular formula is C16H22N2S. The van der Waals surface area contributed by atoms with Crippen molar-refractivity contribution in [3.63, 3.8) is 0 Å². The predicted octanol–water partition coefficient (Wildman–Crippen LogP) is 4.19. The van der Waals surface area contributed by atoms with Gasteiger partial charge < -0.3 is 4.90 Å². The molecule has 0 aliphatic carbocycles. The third-order valence-corrected chi connectivity index (χ3v) is 5.41. The van der Waals surface area contributed by atoms with Gasteiger partial charge in [-0.25, -0.2) is 0 Å². The largest absolute Gasteiger partial charge is 0.301 e. The molecule has 1 aliphatic rings. The molecule has 0 aromatic carbocycles. The molecule has 0 atom stereocenters. The summed E-state index contributed by atoms with van der Waals surface area (Å²) in [6.45, 7) is 9.23. The number of fused-ring (bicyclic) bond motifs is 1. The molecule has 0 N–H and O–H groups in total. The third-order valence-electron chi connectivity index (χ3n) is 4.35. The van der Waals surface area contributed by atoms with E-state index in [1.54, 1.807) is 0 Å². The number of aromatic nitrogens is 1. The number of pyridine rings is 1. The van der Waals surface area contributed by atoms with Crippen molar-refractivity contribution in [1.82, 2.24) is 9.88 Å². The fraction of sp³-hybridized carbons (Fsp3) is 0.562. The number of hydrogen-bond acceptors (Lipinski definition) is 3. The highest BCUT2D eigenvalue weighted by Gasteiger charge is 2.24. The fourth-order valence-electron chi connectivity index (χ4n) is 3.16. The van der Waals surface area contributed by atoms with Crippen molar-refractivity contribution in [1.29, 1.82) is 0 Å². The van der Waals surface area contributed by atoms with E-state index < -0.39 is 0 Å². The molecule has 2 nitrogen and oxygen atoms in total. The lowest BCUT2D eigenvalue weighted by atomic mass is 9.90. The first-order valence-electron chi connectivity index (χ1n) is 7.23. The van der Waals surface area contributed by atoms with Crippen LogP contribution in [0.15, 0.2) is 17.6 Å². The highest BCUT2D eigenvalue weighted by atomic mass is 32.1. The maximum Gasteiger partial charge on any atom is 0.0524 e. The van der Waals surface area contributed by atoms with Gasteiger partial charge in [-0.2, -0.15) is 0 Å². The van der Waals surface area contributed by atoms with Crippen molar-refractivity contribution in [2.75, 3.05) is 13.1 Å². The molecular weight excluding hydrogens is 252 g/mol. The van der Waals surface area contributed by atoms with E-state index in [-0.39, 0.29) is 0 Å². The molecule has 0 spiro atoms. The fourth-order valence-corrected chi connectivity index (χ4v) is 4.11. The Kier molecular flexibility index (Phi) is 3.59. The van der Waals surface area contributed by atoms with Crippen molar-refractivity contribution >= 4 is 21.4 Å². The molecule has 1 fully saturated rings. The molecule has 1 saturated heterocycles. The summed E-state index contributed by atoms with van der Waals surface area (Å²) in [6.07, 6.45) is 4.49. The summed E-state index contributed by atoms with van der Waals surface area (Å²) in [6, 6.07) is 2.83. The van der Waals surface area contributed by atoms with Crippen LogP contribution in [0.5, 0.6) is 0 Å². The van der Waals surface area contributed by atoms with Gasteiger partial charge in [-0.3, -0.25) is 4.98 Å². The average molecular weight is 274 g/mol. The second kappa shape index (κ2) is 5.22. The van der Waals surface area contributed by atoms with Crippen molar-refractivity contribution in [3.8, 4) is 0 Å². The number of rotatable bonds is 2. The van der Waals surface area contributed by atoms with Gasteiger partial charge in [0.05, 0.1) is 5.69 Å². The van der Waals surface area contributed by atoms with E-state index in [0.29, 0.717) is 12.0 Å². The number of hydrogen-bond donors (Lipinski definition) is 0. The first-order chi connectivity index (χ1) is 9.16. The predicted molar refractivity (Wildman–Crippen MR) is 83.0 cm³/mol. The van der Waals surface area contributed by atoms with Crippen LogP contribution in [-0.4, -0.2) is 29.0 Å². The zero-order valence-corrected chi connectivity index (χ0v) is 12.8. The van der Waals surface area contributed by atoms with Gasteiger partial charge in [0.2, 0.25) is 0 Å². The minimum atomic E-state index is 0.645. The van der Waals surface area contributed by atoms with Crippen LogP contribution < -0.4 is 0 Å². The lowest BCUT2D eigenvalue weighted by Crippen LogP contribution is -2.38. The molecule has 3 rings (SSSR count). The van der Waals surface area contributed by atoms with Crippen molar-refractivity contribution < 1.29 is 0 Å². The molecule has 3 heterocycles. The Morgan fingerprint density at radius 1 is 1.32 bits per heavy atom. The molecule has 2 aromatic heterocycles. The Morgan fingerprint density at radius 3 is 2.74 bits per heavy atom. The summed E-state index contributed by atoms with van der Waals surface area (Å²) in [5.74, 6) is 0.645. The quantitative estimate of drug-likeness (QED) is 0.816. The van der Waals surface area contributed by atoms with Gasteiger partial charge in [0.15, 0.2) is 0 Å². The SMILES string of the molecule is Cc1csc2ccnc(C3CCN(C(C)C)CC3)c12. The Labute approximate surface area is 119 Å². The van der Waals surface area contributed by atoms with E-state index in [0.717, 1.165) is 0 Å². The van der Waals surface area contributed by atoms with Gasteiger partial charge in [-0.05, 0) is 63.7 Å². The topological polar surface area (TPSA) is 16.1 Å². The minimum absolute atomic E-state index is 0.645. The monoisotopic (exact) mass is 274 g/mol. The molecule has 19 heavy (non-hydrogen) atoms. The number of piperidine rings is 1. The van der Waals surface area contributed by atoms with E-state index in [1.807, 2.05) is 17.5 Å². The Hall–Kier alpha value is -0.930. The Balaban J connectivity index is 1.88. The molecule has 0 unspecified atom stereocenters. The standard InChI is InChI=1S/C16H22N2S/c1-11(2)18-8-5-13(6-9-18)16-15-12(3)10-19-14(15)4-7-17-16/h4,7,10-11,13H,5-6,8-9H2,1-3H3. The summed E-state index contributed by atoms with van der Waals surface area (Å²) in [4.78, 5) is 7.30. The second-order valence-corrected chi connectivity index (χ2v) is 6.80. The molecule has 0 radical (unpaired) electrons. The molecule has 3 heteroatoms. The third kappa shape index (κ3) is 2.41. The zero-order chi connectivity index (χ0) is 13.4. The molecule has 2 aromatic rings. The number of thiophene rings is 1. The number of nitrogens with zero attached hydrogens (tertiary/aromatic N) is 2. The van der Waals surface area contributed by atoms with Gasteiger partial charge in [-0.1, -0.05) is 0 Å². The summed E-state index contributed by atoms with van der Waals surface area (Å²) in [7, 11) is 0. The van der Waals surface area contributed by atoms with Crippen molar-refractivity contribution in [2.45, 2.75) is 45.6 Å². The summed E-state index contributed by atoms with van der Waals surface area (Å²) < 4.78 is 1.40. The van der Waals surface area contributed by atoms with Crippen LogP contribution in [0.3, 0.4) is 0 Å². The highest BCUT2D eigenvalue weighted by Crippen LogP contribution is 2.35. The van der Waals surface area contributed by atoms with Crippen molar-refractivity contribution in [2.24, 2.45) is 0 Å². The van der Waals surface area contributed by atoms with Crippen LogP contribution in [0.25, 0.3) is 10.1 Å². The molecule has 102 valence electrons. The summed E-state index contributed by atoms with van der Waals surface area (Å²) in [5, 5.41) is 3.69. The molecule has 0 bridgehead atoms. The second-order valence-electron chi connectivity index (χ2n) is 5.89. The van der Waals surface area contributed by atoms with E-state index in [9.17, 15) is 0 Å². The van der Waals surface area contributed by atoms with Crippen LogP contribution in [0.4, 0.5) is 0 Å². The average Bonchev–Trinajstić information content (AvgIpc) is 2.81. The van der Waals surface area contributed by atoms with Gasteiger partial charge in [-0.15, -0.1) is 11.3 Å². The van der Waals surface area contributed by atoms with Gasteiger partial charge in [0.1, 0.15) is 0 Å². The van der Waals surface area contributed by atoms with E-state index in [1.165, 1.54) is 47.3 Å². The van der Waals surface area contributed by atoms with Crippen molar-refractivity contribution in [3.05, 3.63) is 28.9 Å². The summed E-state index contributed by atoms with van der Waals surface area (Å²) >= 11 is 1.85.